The molecule has 30 heavy (non-hydrogen) atoms. The second-order valence-electron chi connectivity index (χ2n) is 7.11. The number of methoxy groups -OCH3 is 1. The molecule has 1 aromatic rings. The molecule has 2 aliphatic rings. The molecule has 2 atom stereocenters. The Morgan fingerprint density at radius 3 is 2.70 bits per heavy atom. The first-order valence-corrected chi connectivity index (χ1v) is 11.4. The zero-order valence-electron chi connectivity index (χ0n) is 16.5. The van der Waals surface area contributed by atoms with Gasteiger partial charge in [-0.2, -0.15) is 5.26 Å². The number of carbonyl (C=O) groups excluding carboxylic acids is 3. The quantitative estimate of drug-likeness (QED) is 0.501. The van der Waals surface area contributed by atoms with Crippen LogP contribution in [-0.4, -0.2) is 48.6 Å². The van der Waals surface area contributed by atoms with Crippen LogP contribution in [0.25, 0.3) is 0 Å². The van der Waals surface area contributed by atoms with Crippen molar-refractivity contribution < 1.29 is 19.1 Å². The van der Waals surface area contributed by atoms with Gasteiger partial charge in [0.15, 0.2) is 0 Å². The summed E-state index contributed by atoms with van der Waals surface area (Å²) in [6.07, 6.45) is 3.11. The molecule has 0 unspecified atom stereocenters. The molecule has 1 saturated heterocycles. The van der Waals surface area contributed by atoms with Crippen molar-refractivity contribution in [3.05, 3.63) is 44.9 Å². The maximum Gasteiger partial charge on any atom is 0.319 e. The van der Waals surface area contributed by atoms with Gasteiger partial charge < -0.3 is 15.0 Å². The Bertz CT molecular complexity index is 921. The van der Waals surface area contributed by atoms with Gasteiger partial charge in [0, 0.05) is 23.5 Å². The number of thioether (sulfide) groups is 1. The van der Waals surface area contributed by atoms with Crippen molar-refractivity contribution in [3.63, 3.8) is 0 Å². The van der Waals surface area contributed by atoms with Crippen molar-refractivity contribution in [2.45, 2.75) is 25.2 Å². The maximum absolute atomic E-state index is 12.8. The molecule has 0 spiro atoms. The van der Waals surface area contributed by atoms with E-state index in [1.54, 1.807) is 18.2 Å². The summed E-state index contributed by atoms with van der Waals surface area (Å²) in [6.45, 7) is 1.47. The number of benzene rings is 1. The topological polar surface area (TPSA) is 99.5 Å². The van der Waals surface area contributed by atoms with E-state index in [9.17, 15) is 19.6 Å². The lowest BCUT2D eigenvalue weighted by molar-refractivity contribution is -0.150. The number of carbonyl (C=O) groups is 3. The third-order valence-corrected chi connectivity index (χ3v) is 6.74. The largest absolute Gasteiger partial charge is 0.468 e. The molecule has 2 heterocycles. The van der Waals surface area contributed by atoms with Crippen molar-refractivity contribution in [1.29, 1.82) is 5.26 Å². The van der Waals surface area contributed by atoms with Crippen LogP contribution in [0.1, 0.15) is 30.7 Å². The van der Waals surface area contributed by atoms with Crippen LogP contribution in [0, 0.1) is 17.2 Å². The summed E-state index contributed by atoms with van der Waals surface area (Å²) in [6, 6.07) is 9.29. The number of hydrogen-bond donors (Lipinski definition) is 1. The van der Waals surface area contributed by atoms with E-state index in [0.29, 0.717) is 10.6 Å². The minimum Gasteiger partial charge on any atom is -0.468 e. The summed E-state index contributed by atoms with van der Waals surface area (Å²) < 4.78 is 5.60. The number of nitrogens with zero attached hydrogens (tertiary/aromatic N) is 2. The average Bonchev–Trinajstić information content (AvgIpc) is 2.76. The highest BCUT2D eigenvalue weighted by Gasteiger charge is 2.44. The van der Waals surface area contributed by atoms with Crippen molar-refractivity contribution in [2.24, 2.45) is 5.92 Å². The summed E-state index contributed by atoms with van der Waals surface area (Å²) in [5.74, 6) is -3.12. The monoisotopic (exact) mass is 491 g/mol. The molecule has 0 aliphatic carbocycles. The zero-order valence-corrected chi connectivity index (χ0v) is 18.9. The molecule has 2 amide bonds. The Morgan fingerprint density at radius 2 is 2.07 bits per heavy atom. The van der Waals surface area contributed by atoms with E-state index in [0.717, 1.165) is 48.6 Å². The first-order valence-electron chi connectivity index (χ1n) is 9.65. The lowest BCUT2D eigenvalue weighted by atomic mass is 9.78. The zero-order chi connectivity index (χ0) is 21.7. The van der Waals surface area contributed by atoms with Crippen LogP contribution in [0.5, 0.6) is 0 Å². The molecule has 0 aromatic heterocycles. The fourth-order valence-electron chi connectivity index (χ4n) is 3.75. The van der Waals surface area contributed by atoms with Crippen molar-refractivity contribution in [3.8, 4) is 6.07 Å². The number of halogens is 1. The Hall–Kier alpha value is -2.31. The Kier molecular flexibility index (Phi) is 7.56. The highest BCUT2D eigenvalue weighted by atomic mass is 79.9. The van der Waals surface area contributed by atoms with Gasteiger partial charge in [-0.15, -0.1) is 0 Å². The van der Waals surface area contributed by atoms with Gasteiger partial charge in [0.2, 0.25) is 11.8 Å². The number of likely N-dealkylation sites (tertiary alicyclic amines) is 1. The molecule has 7 nitrogen and oxygen atoms in total. The Morgan fingerprint density at radius 1 is 1.33 bits per heavy atom. The molecule has 158 valence electrons. The fraction of sp³-hybridized carbons (Fsp3) is 0.429. The smallest absolute Gasteiger partial charge is 0.319 e. The first-order chi connectivity index (χ1) is 14.5. The number of nitriles is 1. The lowest BCUT2D eigenvalue weighted by Gasteiger charge is -2.31. The summed E-state index contributed by atoms with van der Waals surface area (Å²) >= 11 is 4.53. The molecule has 9 heteroatoms. The van der Waals surface area contributed by atoms with Gasteiger partial charge in [-0.05, 0) is 37.0 Å². The van der Waals surface area contributed by atoms with Gasteiger partial charge in [0.25, 0.3) is 0 Å². The summed E-state index contributed by atoms with van der Waals surface area (Å²) in [4.78, 5) is 39.6. The number of esters is 1. The second kappa shape index (κ2) is 10.1. The SMILES string of the molecule is COC(=O)[C@@H]1C(=O)NC(SCC(=O)N2CCCCC2)=C(C#N)[C@@H]1c1cccc(Br)c1. The minimum atomic E-state index is -1.18. The second-order valence-corrected chi connectivity index (χ2v) is 9.01. The van der Waals surface area contributed by atoms with E-state index in [1.807, 2.05) is 11.0 Å². The van der Waals surface area contributed by atoms with Crippen molar-refractivity contribution in [2.75, 3.05) is 26.0 Å². The molecule has 0 saturated carbocycles. The molecule has 3 rings (SSSR count). The van der Waals surface area contributed by atoms with Crippen molar-refractivity contribution >= 4 is 45.5 Å². The van der Waals surface area contributed by atoms with Crippen LogP contribution >= 0.6 is 27.7 Å². The number of amides is 2. The predicted molar refractivity (Wildman–Crippen MR) is 116 cm³/mol. The van der Waals surface area contributed by atoms with Gasteiger partial charge in [-0.3, -0.25) is 14.4 Å². The van der Waals surface area contributed by atoms with Gasteiger partial charge >= 0.3 is 5.97 Å². The van der Waals surface area contributed by atoms with E-state index in [1.165, 1.54) is 7.11 Å². The third-order valence-electron chi connectivity index (χ3n) is 5.24. The van der Waals surface area contributed by atoms with E-state index < -0.39 is 23.7 Å². The molecule has 2 aliphatic heterocycles. The summed E-state index contributed by atoms with van der Waals surface area (Å²) in [5, 5.41) is 12.9. The number of nitrogens with one attached hydrogen (secondary N) is 1. The predicted octanol–water partition coefficient (Wildman–Crippen LogP) is 2.93. The first kappa shape index (κ1) is 22.4. The van der Waals surface area contributed by atoms with E-state index in [-0.39, 0.29) is 17.2 Å². The van der Waals surface area contributed by atoms with Crippen LogP contribution < -0.4 is 5.32 Å². The van der Waals surface area contributed by atoms with Crippen LogP contribution in [0.2, 0.25) is 0 Å². The maximum atomic E-state index is 12.8. The van der Waals surface area contributed by atoms with Crippen LogP contribution in [0.15, 0.2) is 39.3 Å². The van der Waals surface area contributed by atoms with Crippen LogP contribution in [0.3, 0.4) is 0 Å². The van der Waals surface area contributed by atoms with Gasteiger partial charge in [0.05, 0.1) is 29.5 Å². The standard InChI is InChI=1S/C21H22BrN3O4S/c1-29-21(28)18-17(13-6-5-7-14(22)10-13)15(11-23)20(24-19(18)27)30-12-16(26)25-8-3-2-4-9-25/h5-7,10,17-18H,2-4,8-9,12H2,1H3,(H,24,27)/t17-,18-/m0/s1. The molecule has 1 N–H and O–H groups in total. The molecule has 1 aromatic carbocycles. The summed E-state index contributed by atoms with van der Waals surface area (Å²) in [5.41, 5.74) is 0.895. The molecular weight excluding hydrogens is 470 g/mol. The van der Waals surface area contributed by atoms with E-state index >= 15 is 0 Å². The normalized spacial score (nSPS) is 21.6. The van der Waals surface area contributed by atoms with Crippen LogP contribution in [-0.2, 0) is 19.1 Å². The Labute approximate surface area is 187 Å². The molecule has 1 fully saturated rings. The van der Waals surface area contributed by atoms with Gasteiger partial charge in [-0.25, -0.2) is 0 Å². The number of allylic oxidation sites excluding steroid dienone is 1. The number of ether oxygens (including phenoxy) is 1. The fourth-order valence-corrected chi connectivity index (χ4v) is 5.12. The Balaban J connectivity index is 1.92. The molecular formula is C21H22BrN3O4S. The highest BCUT2D eigenvalue weighted by molar-refractivity contribution is 9.10. The molecule has 0 radical (unpaired) electrons. The lowest BCUT2D eigenvalue weighted by Crippen LogP contribution is -2.44. The number of piperidine rings is 1. The van der Waals surface area contributed by atoms with E-state index in [2.05, 4.69) is 27.3 Å². The van der Waals surface area contributed by atoms with Gasteiger partial charge in [0.1, 0.15) is 5.92 Å². The van der Waals surface area contributed by atoms with Gasteiger partial charge in [-0.1, -0.05) is 39.8 Å². The van der Waals surface area contributed by atoms with E-state index in [4.69, 9.17) is 4.74 Å². The van der Waals surface area contributed by atoms with Crippen molar-refractivity contribution in [1.82, 2.24) is 10.2 Å². The molecule has 0 bridgehead atoms. The highest BCUT2D eigenvalue weighted by Crippen LogP contribution is 2.40. The third kappa shape index (κ3) is 4.87. The minimum absolute atomic E-state index is 0.0205. The summed E-state index contributed by atoms with van der Waals surface area (Å²) in [7, 11) is 1.21. The number of hydrogen-bond acceptors (Lipinski definition) is 6. The van der Waals surface area contributed by atoms with Crippen LogP contribution in [0.4, 0.5) is 0 Å². The average molecular weight is 492 g/mol. The number of rotatable bonds is 5.